The Morgan fingerprint density at radius 2 is 1.93 bits per heavy atom. The van der Waals surface area contributed by atoms with Crippen molar-refractivity contribution in [3.8, 4) is 17.0 Å². The summed E-state index contributed by atoms with van der Waals surface area (Å²) in [5.74, 6) is 0.778. The van der Waals surface area contributed by atoms with Crippen molar-refractivity contribution in [3.05, 3.63) is 59.0 Å². The molecule has 4 rings (SSSR count). The highest BCUT2D eigenvalue weighted by atomic mass is 16.5. The number of anilines is 1. The average Bonchev–Trinajstić information content (AvgIpc) is 2.67. The van der Waals surface area contributed by atoms with Gasteiger partial charge in [-0.2, -0.15) is 0 Å². The largest absolute Gasteiger partial charge is 0.497 e. The number of rotatable bonds is 3. The van der Waals surface area contributed by atoms with Crippen molar-refractivity contribution < 1.29 is 4.74 Å². The molecule has 0 unspecified atom stereocenters. The molecule has 0 radical (unpaired) electrons. The summed E-state index contributed by atoms with van der Waals surface area (Å²) in [5, 5.41) is 3.51. The van der Waals surface area contributed by atoms with Crippen molar-refractivity contribution in [1.82, 2.24) is 14.7 Å². The summed E-state index contributed by atoms with van der Waals surface area (Å²) in [4.78, 5) is 19.7. The Labute approximate surface area is 158 Å². The Kier molecular flexibility index (Phi) is 4.36. The first-order chi connectivity index (χ1) is 12.9. The minimum atomic E-state index is -0.0814. The Bertz CT molecular complexity index is 1020. The van der Waals surface area contributed by atoms with Crippen LogP contribution in [-0.2, 0) is 0 Å². The summed E-state index contributed by atoms with van der Waals surface area (Å²) >= 11 is 0. The maximum atomic E-state index is 12.7. The summed E-state index contributed by atoms with van der Waals surface area (Å²) in [5.41, 5.74) is 3.21. The van der Waals surface area contributed by atoms with Gasteiger partial charge < -0.3 is 15.0 Å². The van der Waals surface area contributed by atoms with E-state index in [-0.39, 0.29) is 11.1 Å². The number of aromatic nitrogens is 2. The van der Waals surface area contributed by atoms with Crippen LogP contribution in [-0.4, -0.2) is 41.7 Å². The number of pyridine rings is 1. The van der Waals surface area contributed by atoms with Gasteiger partial charge in [0.15, 0.2) is 0 Å². The number of methoxy groups -OCH3 is 1. The van der Waals surface area contributed by atoms with Gasteiger partial charge in [0.25, 0.3) is 5.56 Å². The van der Waals surface area contributed by atoms with Crippen molar-refractivity contribution in [2.24, 2.45) is 0 Å². The smallest absolute Gasteiger partial charge is 0.258 e. The second kappa shape index (κ2) is 6.70. The molecule has 1 aliphatic heterocycles. The van der Waals surface area contributed by atoms with Crippen LogP contribution in [0.5, 0.6) is 5.75 Å². The molecule has 1 saturated heterocycles. The van der Waals surface area contributed by atoms with Gasteiger partial charge >= 0.3 is 0 Å². The van der Waals surface area contributed by atoms with Gasteiger partial charge in [-0.25, -0.2) is 4.98 Å². The molecule has 2 aromatic heterocycles. The maximum absolute atomic E-state index is 12.7. The number of fused-ring (bicyclic) bond motifs is 1. The highest BCUT2D eigenvalue weighted by molar-refractivity contribution is 5.63. The van der Waals surface area contributed by atoms with Crippen LogP contribution < -0.4 is 20.5 Å². The summed E-state index contributed by atoms with van der Waals surface area (Å²) in [6.45, 7) is 7.12. The van der Waals surface area contributed by atoms with E-state index in [2.05, 4.69) is 29.0 Å². The average molecular weight is 364 g/mol. The van der Waals surface area contributed by atoms with Gasteiger partial charge in [0.05, 0.1) is 18.5 Å². The Balaban J connectivity index is 1.71. The maximum Gasteiger partial charge on any atom is 0.258 e. The van der Waals surface area contributed by atoms with Crippen molar-refractivity contribution in [1.29, 1.82) is 0 Å². The van der Waals surface area contributed by atoms with E-state index in [0.29, 0.717) is 11.3 Å². The van der Waals surface area contributed by atoms with Crippen LogP contribution in [0.4, 0.5) is 5.69 Å². The van der Waals surface area contributed by atoms with Crippen molar-refractivity contribution in [2.75, 3.05) is 31.6 Å². The molecule has 6 nitrogen and oxygen atoms in total. The second-order valence-electron chi connectivity index (χ2n) is 7.56. The third-order valence-corrected chi connectivity index (χ3v) is 4.97. The summed E-state index contributed by atoms with van der Waals surface area (Å²) in [6.07, 6.45) is 1.89. The Morgan fingerprint density at radius 3 is 2.63 bits per heavy atom. The summed E-state index contributed by atoms with van der Waals surface area (Å²) in [7, 11) is 1.63. The van der Waals surface area contributed by atoms with Gasteiger partial charge in [0, 0.05) is 43.0 Å². The predicted octanol–water partition coefficient (Wildman–Crippen LogP) is 2.56. The van der Waals surface area contributed by atoms with E-state index >= 15 is 0 Å². The van der Waals surface area contributed by atoms with E-state index in [1.54, 1.807) is 17.6 Å². The predicted molar refractivity (Wildman–Crippen MR) is 108 cm³/mol. The molecule has 1 aromatic carbocycles. The monoisotopic (exact) mass is 364 g/mol. The lowest BCUT2D eigenvalue weighted by Crippen LogP contribution is -2.57. The lowest BCUT2D eigenvalue weighted by Gasteiger charge is -2.40. The highest BCUT2D eigenvalue weighted by Gasteiger charge is 2.26. The van der Waals surface area contributed by atoms with E-state index in [0.717, 1.165) is 36.6 Å². The zero-order valence-electron chi connectivity index (χ0n) is 15.9. The molecule has 140 valence electrons. The van der Waals surface area contributed by atoms with Gasteiger partial charge in [-0.1, -0.05) is 0 Å². The fourth-order valence-electron chi connectivity index (χ4n) is 3.55. The molecule has 27 heavy (non-hydrogen) atoms. The molecule has 1 fully saturated rings. The molecule has 0 spiro atoms. The van der Waals surface area contributed by atoms with E-state index < -0.39 is 0 Å². The number of nitrogens with one attached hydrogen (secondary N) is 1. The molecule has 3 heterocycles. The molecule has 6 heteroatoms. The molecule has 0 bridgehead atoms. The zero-order valence-corrected chi connectivity index (χ0v) is 15.9. The fourth-order valence-corrected chi connectivity index (χ4v) is 3.55. The van der Waals surface area contributed by atoms with Crippen molar-refractivity contribution in [3.63, 3.8) is 0 Å². The van der Waals surface area contributed by atoms with Crippen LogP contribution in [0, 0.1) is 0 Å². The molecular formula is C21H24N4O2. The van der Waals surface area contributed by atoms with Crippen LogP contribution in [0.2, 0.25) is 0 Å². The molecule has 1 aliphatic rings. The highest BCUT2D eigenvalue weighted by Crippen LogP contribution is 2.22. The minimum absolute atomic E-state index is 0.0502. The number of benzene rings is 1. The number of hydrogen-bond acceptors (Lipinski definition) is 5. The van der Waals surface area contributed by atoms with Crippen molar-refractivity contribution in [2.45, 2.75) is 19.4 Å². The van der Waals surface area contributed by atoms with E-state index in [9.17, 15) is 4.79 Å². The zero-order chi connectivity index (χ0) is 19.0. The number of nitrogens with zero attached hydrogens (tertiary/aromatic N) is 3. The summed E-state index contributed by atoms with van der Waals surface area (Å²) < 4.78 is 6.81. The third-order valence-electron chi connectivity index (χ3n) is 4.97. The first-order valence-electron chi connectivity index (χ1n) is 9.13. The molecule has 0 aliphatic carbocycles. The number of piperazine rings is 1. The normalized spacial score (nSPS) is 16.5. The minimum Gasteiger partial charge on any atom is -0.497 e. The molecular weight excluding hydrogens is 340 g/mol. The Hall–Kier alpha value is -2.86. The van der Waals surface area contributed by atoms with Gasteiger partial charge in [-0.15, -0.1) is 0 Å². The third kappa shape index (κ3) is 3.53. The van der Waals surface area contributed by atoms with Crippen LogP contribution in [0.25, 0.3) is 16.9 Å². The first-order valence-corrected chi connectivity index (χ1v) is 9.13. The first kappa shape index (κ1) is 17.5. The SMILES string of the molecule is COc1ccc(-c2cc(=O)n3cc(N4CCNC(C)(C)C4)ccc3n2)cc1. The van der Waals surface area contributed by atoms with E-state index in [4.69, 9.17) is 4.74 Å². The van der Waals surface area contributed by atoms with Gasteiger partial charge in [-0.05, 0) is 50.2 Å². The van der Waals surface area contributed by atoms with E-state index in [1.165, 1.54) is 0 Å². The van der Waals surface area contributed by atoms with Gasteiger partial charge in [-0.3, -0.25) is 9.20 Å². The van der Waals surface area contributed by atoms with Crippen molar-refractivity contribution >= 4 is 11.3 Å². The van der Waals surface area contributed by atoms with Gasteiger partial charge in [0.1, 0.15) is 11.4 Å². The second-order valence-corrected chi connectivity index (χ2v) is 7.56. The van der Waals surface area contributed by atoms with Crippen LogP contribution in [0.3, 0.4) is 0 Å². The molecule has 3 aromatic rings. The van der Waals surface area contributed by atoms with Crippen LogP contribution in [0.1, 0.15) is 13.8 Å². The van der Waals surface area contributed by atoms with E-state index in [1.807, 2.05) is 42.6 Å². The summed E-state index contributed by atoms with van der Waals surface area (Å²) in [6, 6.07) is 13.1. The Morgan fingerprint density at radius 1 is 1.15 bits per heavy atom. The van der Waals surface area contributed by atoms with Crippen LogP contribution >= 0.6 is 0 Å². The fraction of sp³-hybridized carbons (Fsp3) is 0.333. The van der Waals surface area contributed by atoms with Crippen LogP contribution in [0.15, 0.2) is 53.5 Å². The molecule has 0 amide bonds. The quantitative estimate of drug-likeness (QED) is 0.774. The standard InChI is InChI=1S/C21H24N4O2/c1-21(2)14-24(11-10-22-21)16-6-9-19-23-18(12-20(26)25(19)13-16)15-4-7-17(27-3)8-5-15/h4-9,12-13,22H,10-11,14H2,1-3H3. The number of ether oxygens (including phenoxy) is 1. The van der Waals surface area contributed by atoms with Gasteiger partial charge in [0.2, 0.25) is 0 Å². The molecule has 0 saturated carbocycles. The lowest BCUT2D eigenvalue weighted by atomic mass is 10.0. The molecule has 0 atom stereocenters. The molecule has 1 N–H and O–H groups in total. The topological polar surface area (TPSA) is 58.9 Å². The number of hydrogen-bond donors (Lipinski definition) is 1. The lowest BCUT2D eigenvalue weighted by molar-refractivity contribution is 0.353.